The van der Waals surface area contributed by atoms with E-state index in [1.807, 2.05) is 0 Å². The predicted octanol–water partition coefficient (Wildman–Crippen LogP) is 1.40. The number of carbonyl (C=O) groups excluding carboxylic acids is 1. The van der Waals surface area contributed by atoms with Gasteiger partial charge >= 0.3 is 5.97 Å². The topological polar surface area (TPSA) is 65.2 Å². The minimum Gasteiger partial charge on any atom is -0.465 e. The van der Waals surface area contributed by atoms with Gasteiger partial charge in [0, 0.05) is 12.6 Å². The number of nitrogens with zero attached hydrogens (tertiary/aromatic N) is 1. The van der Waals surface area contributed by atoms with Crippen LogP contribution < -0.4 is 5.73 Å². The lowest BCUT2D eigenvalue weighted by Crippen LogP contribution is -2.15. The Kier molecular flexibility index (Phi) is 3.83. The third-order valence-electron chi connectivity index (χ3n) is 1.87. The minimum absolute atomic E-state index is 0.248. The zero-order valence-electron chi connectivity index (χ0n) is 8.34. The first-order valence-corrected chi connectivity index (χ1v) is 4.27. The lowest BCUT2D eigenvalue weighted by molar-refractivity contribution is 0.0592. The van der Waals surface area contributed by atoms with Crippen molar-refractivity contribution in [2.45, 2.75) is 13.0 Å². The quantitative estimate of drug-likeness (QED) is 0.803. The number of esters is 1. The van der Waals surface area contributed by atoms with E-state index in [1.165, 1.54) is 0 Å². The minimum atomic E-state index is -2.92. The smallest absolute Gasteiger partial charge is 0.342 e. The number of methoxy groups -OCH3 is 1. The Morgan fingerprint density at radius 2 is 2.25 bits per heavy atom. The number of carbonyl (C=O) groups is 1. The number of alkyl halides is 2. The Morgan fingerprint density at radius 1 is 1.62 bits per heavy atom. The molecule has 0 unspecified atom stereocenters. The average Bonchev–Trinajstić information content (AvgIpc) is 2.26. The molecule has 2 N–H and O–H groups in total. The van der Waals surface area contributed by atoms with Gasteiger partial charge in [0.2, 0.25) is 0 Å². The van der Waals surface area contributed by atoms with Gasteiger partial charge < -0.3 is 10.5 Å². The monoisotopic (exact) mass is 234 g/mol. The van der Waals surface area contributed by atoms with Crippen LogP contribution in [0.15, 0.2) is 6.07 Å². The Hall–Kier alpha value is -1.63. The van der Waals surface area contributed by atoms with Gasteiger partial charge in [-0.1, -0.05) is 0 Å². The molecule has 7 heteroatoms. The highest BCUT2D eigenvalue weighted by Crippen LogP contribution is 2.21. The summed E-state index contributed by atoms with van der Waals surface area (Å²) in [5, 5.41) is 0. The van der Waals surface area contributed by atoms with Crippen molar-refractivity contribution < 1.29 is 22.7 Å². The molecule has 0 radical (unpaired) electrons. The summed E-state index contributed by atoms with van der Waals surface area (Å²) in [6.07, 6.45) is -2.92. The lowest BCUT2D eigenvalue weighted by Gasteiger charge is -2.08. The van der Waals surface area contributed by atoms with Crippen molar-refractivity contribution in [3.8, 4) is 0 Å². The zero-order valence-corrected chi connectivity index (χ0v) is 8.34. The molecular weight excluding hydrogens is 225 g/mol. The molecule has 0 aromatic carbocycles. The van der Waals surface area contributed by atoms with Crippen LogP contribution in [0.4, 0.5) is 13.2 Å². The molecule has 0 saturated carbocycles. The van der Waals surface area contributed by atoms with Crippen LogP contribution in [0.2, 0.25) is 0 Å². The molecule has 4 nitrogen and oxygen atoms in total. The highest BCUT2D eigenvalue weighted by molar-refractivity contribution is 5.90. The second-order valence-corrected chi connectivity index (χ2v) is 2.85. The third kappa shape index (κ3) is 2.30. The molecule has 1 aromatic heterocycles. The molecule has 0 bridgehead atoms. The molecule has 0 atom stereocenters. The van der Waals surface area contributed by atoms with Gasteiger partial charge in [-0.2, -0.15) is 0 Å². The maximum atomic E-state index is 13.4. The van der Waals surface area contributed by atoms with Crippen LogP contribution >= 0.6 is 0 Å². The van der Waals surface area contributed by atoms with Gasteiger partial charge in [0.25, 0.3) is 6.43 Å². The van der Waals surface area contributed by atoms with E-state index in [0.29, 0.717) is 6.07 Å². The molecule has 0 aliphatic rings. The van der Waals surface area contributed by atoms with E-state index in [2.05, 4.69) is 9.72 Å². The highest BCUT2D eigenvalue weighted by atomic mass is 19.3. The van der Waals surface area contributed by atoms with Gasteiger partial charge in [0.05, 0.1) is 12.8 Å². The van der Waals surface area contributed by atoms with Gasteiger partial charge in [-0.15, -0.1) is 0 Å². The Morgan fingerprint density at radius 3 is 2.69 bits per heavy atom. The second-order valence-electron chi connectivity index (χ2n) is 2.85. The summed E-state index contributed by atoms with van der Waals surface area (Å²) >= 11 is 0. The molecule has 0 aliphatic heterocycles. The fourth-order valence-electron chi connectivity index (χ4n) is 1.16. The number of aromatic nitrogens is 1. The molecular formula is C9H9F3N2O2. The van der Waals surface area contributed by atoms with Crippen molar-refractivity contribution in [1.29, 1.82) is 0 Å². The standard InChI is InChI=1S/C9H9F3N2O2/c1-16-9(15)7-4(10)2-5(8(11)12)14-6(7)3-13/h2,8H,3,13H2,1H3. The summed E-state index contributed by atoms with van der Waals surface area (Å²) in [5.41, 5.74) is 3.69. The van der Waals surface area contributed by atoms with Crippen LogP contribution in [0.3, 0.4) is 0 Å². The summed E-state index contributed by atoms with van der Waals surface area (Å²) in [5.74, 6) is -2.11. The molecule has 0 aliphatic carbocycles. The maximum absolute atomic E-state index is 13.4. The van der Waals surface area contributed by atoms with Crippen molar-refractivity contribution in [1.82, 2.24) is 4.98 Å². The summed E-state index contributed by atoms with van der Waals surface area (Å²) in [7, 11) is 1.04. The summed E-state index contributed by atoms with van der Waals surface area (Å²) < 4.78 is 42.2. The van der Waals surface area contributed by atoms with Crippen molar-refractivity contribution in [3.05, 3.63) is 28.8 Å². The van der Waals surface area contributed by atoms with E-state index in [9.17, 15) is 18.0 Å². The van der Waals surface area contributed by atoms with Crippen molar-refractivity contribution in [2.75, 3.05) is 7.11 Å². The molecule has 0 spiro atoms. The maximum Gasteiger partial charge on any atom is 0.342 e. The number of halogens is 3. The number of rotatable bonds is 3. The molecule has 88 valence electrons. The zero-order chi connectivity index (χ0) is 12.3. The van der Waals surface area contributed by atoms with Crippen LogP contribution in [0.25, 0.3) is 0 Å². The fraction of sp³-hybridized carbons (Fsp3) is 0.333. The van der Waals surface area contributed by atoms with Crippen molar-refractivity contribution in [2.24, 2.45) is 5.73 Å². The van der Waals surface area contributed by atoms with Crippen molar-refractivity contribution in [3.63, 3.8) is 0 Å². The van der Waals surface area contributed by atoms with E-state index in [0.717, 1.165) is 7.11 Å². The number of nitrogens with two attached hydrogens (primary N) is 1. The molecule has 0 fully saturated rings. The van der Waals surface area contributed by atoms with Crippen LogP contribution in [0.5, 0.6) is 0 Å². The Bertz CT molecular complexity index is 410. The molecule has 0 amide bonds. The van der Waals surface area contributed by atoms with Gasteiger partial charge in [-0.3, -0.25) is 0 Å². The largest absolute Gasteiger partial charge is 0.465 e. The SMILES string of the molecule is COC(=O)c1c(F)cc(C(F)F)nc1CN. The Balaban J connectivity index is 3.34. The van der Waals surface area contributed by atoms with Gasteiger partial charge in [-0.25, -0.2) is 22.9 Å². The van der Waals surface area contributed by atoms with Crippen LogP contribution in [0.1, 0.15) is 28.2 Å². The van der Waals surface area contributed by atoms with E-state index in [1.54, 1.807) is 0 Å². The first kappa shape index (κ1) is 12.4. The molecule has 0 saturated heterocycles. The fourth-order valence-corrected chi connectivity index (χ4v) is 1.16. The van der Waals surface area contributed by atoms with E-state index < -0.39 is 29.5 Å². The summed E-state index contributed by atoms with van der Waals surface area (Å²) in [4.78, 5) is 14.6. The molecule has 1 aromatic rings. The lowest BCUT2D eigenvalue weighted by atomic mass is 10.1. The normalized spacial score (nSPS) is 10.6. The van der Waals surface area contributed by atoms with Crippen molar-refractivity contribution >= 4 is 5.97 Å². The molecule has 1 heterocycles. The third-order valence-corrected chi connectivity index (χ3v) is 1.87. The van der Waals surface area contributed by atoms with Gasteiger partial charge in [-0.05, 0) is 0 Å². The first-order chi connectivity index (χ1) is 7.51. The summed E-state index contributed by atoms with van der Waals surface area (Å²) in [6.45, 7) is -0.331. The van der Waals surface area contributed by atoms with Crippen LogP contribution in [-0.4, -0.2) is 18.1 Å². The van der Waals surface area contributed by atoms with Crippen LogP contribution in [0, 0.1) is 5.82 Å². The number of hydrogen-bond donors (Lipinski definition) is 1. The molecule has 1 rings (SSSR count). The number of hydrogen-bond acceptors (Lipinski definition) is 4. The molecule has 16 heavy (non-hydrogen) atoms. The van der Waals surface area contributed by atoms with Gasteiger partial charge in [0.15, 0.2) is 0 Å². The second kappa shape index (κ2) is 4.93. The average molecular weight is 234 g/mol. The van der Waals surface area contributed by atoms with E-state index >= 15 is 0 Å². The van der Waals surface area contributed by atoms with E-state index in [-0.39, 0.29) is 12.2 Å². The number of ether oxygens (including phenoxy) is 1. The van der Waals surface area contributed by atoms with Crippen LogP contribution in [-0.2, 0) is 11.3 Å². The summed E-state index contributed by atoms with van der Waals surface area (Å²) in [6, 6.07) is 0.496. The predicted molar refractivity (Wildman–Crippen MR) is 48.4 cm³/mol. The van der Waals surface area contributed by atoms with Gasteiger partial charge in [0.1, 0.15) is 17.1 Å². The highest BCUT2D eigenvalue weighted by Gasteiger charge is 2.22. The van der Waals surface area contributed by atoms with E-state index in [4.69, 9.17) is 5.73 Å². The Labute approximate surface area is 89.2 Å². The first-order valence-electron chi connectivity index (χ1n) is 4.27. The number of pyridine rings is 1.